The summed E-state index contributed by atoms with van der Waals surface area (Å²) in [6, 6.07) is 9.47. The molecule has 0 bridgehead atoms. The summed E-state index contributed by atoms with van der Waals surface area (Å²) in [6.45, 7) is 5.77. The quantitative estimate of drug-likeness (QED) is 0.588. The maximum absolute atomic E-state index is 12.6. The van der Waals surface area contributed by atoms with Crippen molar-refractivity contribution in [1.82, 2.24) is 34.7 Å². The first kappa shape index (κ1) is 17.5. The number of nitrogens with zero attached hydrogens (tertiary/aromatic N) is 7. The highest BCUT2D eigenvalue weighted by atomic mass is 16.2. The average molecular weight is 374 g/mol. The van der Waals surface area contributed by atoms with Gasteiger partial charge in [-0.2, -0.15) is 15.0 Å². The van der Waals surface area contributed by atoms with Crippen LogP contribution in [0.15, 0.2) is 49.2 Å². The highest BCUT2D eigenvalue weighted by Gasteiger charge is 2.17. The molecule has 0 atom stereocenters. The Balaban J connectivity index is 1.54. The number of carbonyl (C=O) groups excluding carboxylic acids is 1. The van der Waals surface area contributed by atoms with E-state index in [1.807, 2.05) is 26.0 Å². The molecule has 28 heavy (non-hydrogen) atoms. The van der Waals surface area contributed by atoms with Gasteiger partial charge in [-0.3, -0.25) is 4.79 Å². The fourth-order valence-corrected chi connectivity index (χ4v) is 2.84. The third kappa shape index (κ3) is 3.37. The number of hydrogen-bond acceptors (Lipinski definition) is 6. The molecule has 3 heterocycles. The van der Waals surface area contributed by atoms with Crippen molar-refractivity contribution in [2.24, 2.45) is 0 Å². The van der Waals surface area contributed by atoms with Crippen LogP contribution in [0.25, 0.3) is 11.5 Å². The summed E-state index contributed by atoms with van der Waals surface area (Å²) < 4.78 is 1.53. The maximum Gasteiger partial charge on any atom is 0.278 e. The van der Waals surface area contributed by atoms with Crippen LogP contribution in [0.3, 0.4) is 0 Å². The molecule has 4 aromatic rings. The van der Waals surface area contributed by atoms with Crippen molar-refractivity contribution >= 4 is 11.6 Å². The van der Waals surface area contributed by atoms with Crippen molar-refractivity contribution in [3.05, 3.63) is 71.7 Å². The number of benzene rings is 1. The van der Waals surface area contributed by atoms with E-state index in [2.05, 4.69) is 36.6 Å². The molecular formula is C19H18N8O. The van der Waals surface area contributed by atoms with E-state index < -0.39 is 0 Å². The van der Waals surface area contributed by atoms with Crippen LogP contribution in [0.5, 0.6) is 0 Å². The minimum atomic E-state index is -0.344. The second kappa shape index (κ2) is 7.03. The third-order valence-electron chi connectivity index (χ3n) is 4.22. The summed E-state index contributed by atoms with van der Waals surface area (Å²) in [7, 11) is 0. The molecule has 9 heteroatoms. The zero-order chi connectivity index (χ0) is 19.7. The molecule has 4 rings (SSSR count). The lowest BCUT2D eigenvalue weighted by Gasteiger charge is -2.05. The zero-order valence-electron chi connectivity index (χ0n) is 15.7. The van der Waals surface area contributed by atoms with Gasteiger partial charge in [0.15, 0.2) is 11.5 Å². The molecule has 0 spiro atoms. The van der Waals surface area contributed by atoms with Gasteiger partial charge < -0.3 is 5.32 Å². The summed E-state index contributed by atoms with van der Waals surface area (Å²) in [6.07, 6.45) is 4.54. The van der Waals surface area contributed by atoms with Gasteiger partial charge in [0.05, 0.1) is 23.3 Å². The van der Waals surface area contributed by atoms with Crippen LogP contribution in [-0.2, 0) is 0 Å². The number of anilines is 1. The lowest BCUT2D eigenvalue weighted by atomic mass is 10.1. The van der Waals surface area contributed by atoms with E-state index in [-0.39, 0.29) is 11.6 Å². The molecule has 0 aliphatic heterocycles. The molecule has 0 saturated heterocycles. The van der Waals surface area contributed by atoms with Gasteiger partial charge >= 0.3 is 0 Å². The van der Waals surface area contributed by atoms with E-state index in [9.17, 15) is 4.79 Å². The van der Waals surface area contributed by atoms with E-state index in [1.165, 1.54) is 15.8 Å². The fraction of sp³-hybridized carbons (Fsp3) is 0.158. The lowest BCUT2D eigenvalue weighted by molar-refractivity contribution is 0.102. The molecule has 3 aromatic heterocycles. The Bertz CT molecular complexity index is 1130. The standard InChI is InChI=1S/C19H18N8O/c1-12-4-6-16(13(2)8-12)27-24-14(3)18(25-27)19(28)23-15-5-7-17(21-9-15)26-11-20-10-22-26/h4-11H,1-3H3,(H,23,28). The number of carbonyl (C=O) groups is 1. The first-order valence-electron chi connectivity index (χ1n) is 8.65. The molecule has 1 N–H and O–H groups in total. The van der Waals surface area contributed by atoms with Crippen LogP contribution >= 0.6 is 0 Å². The van der Waals surface area contributed by atoms with E-state index >= 15 is 0 Å². The smallest absolute Gasteiger partial charge is 0.278 e. The summed E-state index contributed by atoms with van der Waals surface area (Å²) in [5.74, 6) is 0.260. The summed E-state index contributed by atoms with van der Waals surface area (Å²) in [5, 5.41) is 15.6. The normalized spacial score (nSPS) is 10.8. The first-order chi connectivity index (χ1) is 13.5. The molecule has 0 aliphatic rings. The van der Waals surface area contributed by atoms with Gasteiger partial charge in [0, 0.05) is 0 Å². The van der Waals surface area contributed by atoms with Crippen molar-refractivity contribution in [3.8, 4) is 11.5 Å². The van der Waals surface area contributed by atoms with Gasteiger partial charge in [0.25, 0.3) is 5.91 Å². The highest BCUT2D eigenvalue weighted by molar-refractivity contribution is 6.03. The molecule has 0 saturated carbocycles. The van der Waals surface area contributed by atoms with Crippen molar-refractivity contribution in [2.45, 2.75) is 20.8 Å². The predicted molar refractivity (Wildman–Crippen MR) is 103 cm³/mol. The number of rotatable bonds is 4. The van der Waals surface area contributed by atoms with E-state index in [0.29, 0.717) is 17.2 Å². The molecule has 1 aromatic carbocycles. The van der Waals surface area contributed by atoms with Gasteiger partial charge in [-0.05, 0) is 44.5 Å². The van der Waals surface area contributed by atoms with Crippen LogP contribution in [0.4, 0.5) is 5.69 Å². The van der Waals surface area contributed by atoms with E-state index in [4.69, 9.17) is 0 Å². The van der Waals surface area contributed by atoms with Crippen LogP contribution in [-0.4, -0.2) is 40.6 Å². The molecule has 0 unspecified atom stereocenters. The first-order valence-corrected chi connectivity index (χ1v) is 8.65. The zero-order valence-corrected chi connectivity index (χ0v) is 15.7. The van der Waals surface area contributed by atoms with Gasteiger partial charge in [-0.25, -0.2) is 14.6 Å². The number of hydrogen-bond donors (Lipinski definition) is 1. The second-order valence-corrected chi connectivity index (χ2v) is 6.41. The Morgan fingerprint density at radius 3 is 2.61 bits per heavy atom. The lowest BCUT2D eigenvalue weighted by Crippen LogP contribution is -2.14. The molecule has 0 aliphatic carbocycles. The Hall–Kier alpha value is -3.88. The van der Waals surface area contributed by atoms with Crippen LogP contribution in [0.1, 0.15) is 27.3 Å². The Labute approximate surface area is 161 Å². The van der Waals surface area contributed by atoms with Gasteiger partial charge in [-0.1, -0.05) is 17.7 Å². The van der Waals surface area contributed by atoms with E-state index in [0.717, 1.165) is 16.8 Å². The predicted octanol–water partition coefficient (Wildman–Crippen LogP) is 2.42. The largest absolute Gasteiger partial charge is 0.319 e. The van der Waals surface area contributed by atoms with Gasteiger partial charge in [0.2, 0.25) is 0 Å². The molecule has 1 amide bonds. The maximum atomic E-state index is 12.6. The second-order valence-electron chi connectivity index (χ2n) is 6.41. The highest BCUT2D eigenvalue weighted by Crippen LogP contribution is 2.16. The van der Waals surface area contributed by atoms with Crippen LogP contribution in [0, 0.1) is 20.8 Å². The summed E-state index contributed by atoms with van der Waals surface area (Å²) >= 11 is 0. The van der Waals surface area contributed by atoms with Crippen molar-refractivity contribution < 1.29 is 4.79 Å². The average Bonchev–Trinajstić information content (AvgIpc) is 3.32. The topological polar surface area (TPSA) is 103 Å². The number of nitrogens with one attached hydrogen (secondary N) is 1. The molecule has 9 nitrogen and oxygen atoms in total. The van der Waals surface area contributed by atoms with E-state index in [1.54, 1.807) is 31.6 Å². The van der Waals surface area contributed by atoms with Crippen LogP contribution in [0.2, 0.25) is 0 Å². The monoisotopic (exact) mass is 374 g/mol. The SMILES string of the molecule is Cc1ccc(-n2nc(C)c(C(=O)Nc3ccc(-n4cncn4)nc3)n2)c(C)c1. The molecule has 0 fully saturated rings. The number of aryl methyl sites for hydroxylation is 3. The molecule has 140 valence electrons. The van der Waals surface area contributed by atoms with Crippen molar-refractivity contribution in [1.29, 1.82) is 0 Å². The summed E-state index contributed by atoms with van der Waals surface area (Å²) in [4.78, 5) is 22.3. The number of pyridine rings is 1. The fourth-order valence-electron chi connectivity index (χ4n) is 2.84. The van der Waals surface area contributed by atoms with Crippen LogP contribution < -0.4 is 5.32 Å². The molecular weight excluding hydrogens is 356 g/mol. The Morgan fingerprint density at radius 2 is 1.93 bits per heavy atom. The Kier molecular flexibility index (Phi) is 4.40. The van der Waals surface area contributed by atoms with Gasteiger partial charge in [-0.15, -0.1) is 5.10 Å². The van der Waals surface area contributed by atoms with Gasteiger partial charge in [0.1, 0.15) is 12.7 Å². The molecule has 0 radical (unpaired) electrons. The van der Waals surface area contributed by atoms with Crippen molar-refractivity contribution in [2.75, 3.05) is 5.32 Å². The summed E-state index contributed by atoms with van der Waals surface area (Å²) in [5.41, 5.74) is 4.39. The van der Waals surface area contributed by atoms with Crippen molar-refractivity contribution in [3.63, 3.8) is 0 Å². The third-order valence-corrected chi connectivity index (χ3v) is 4.22. The Morgan fingerprint density at radius 1 is 1.07 bits per heavy atom. The minimum absolute atomic E-state index is 0.264. The minimum Gasteiger partial charge on any atom is -0.319 e. The number of aromatic nitrogens is 7. The number of amides is 1.